The average molecular weight is 229 g/mol. The number of carboxylic acids is 1. The molecule has 0 spiro atoms. The molecule has 1 aromatic carbocycles. The molecule has 0 amide bonds. The van der Waals surface area contributed by atoms with E-state index in [9.17, 15) is 9.90 Å². The summed E-state index contributed by atoms with van der Waals surface area (Å²) in [4.78, 5) is 14.7. The number of hydrogen-bond acceptors (Lipinski definition) is 1. The predicted octanol–water partition coefficient (Wildman–Crippen LogP) is 2.92. The van der Waals surface area contributed by atoms with Gasteiger partial charge in [-0.3, -0.25) is 4.79 Å². The van der Waals surface area contributed by atoms with Gasteiger partial charge in [-0.2, -0.15) is 0 Å². The number of fused-ring (bicyclic) bond motifs is 1. The Morgan fingerprint density at radius 2 is 2.06 bits per heavy atom. The topological polar surface area (TPSA) is 53.1 Å². The molecule has 1 atom stereocenters. The molecule has 3 heteroatoms. The van der Waals surface area contributed by atoms with E-state index in [0.717, 1.165) is 16.5 Å². The molecule has 0 bridgehead atoms. The van der Waals surface area contributed by atoms with Crippen LogP contribution in [-0.4, -0.2) is 16.1 Å². The largest absolute Gasteiger partial charge is 0.481 e. The van der Waals surface area contributed by atoms with Crippen molar-refractivity contribution in [2.75, 3.05) is 0 Å². The van der Waals surface area contributed by atoms with Gasteiger partial charge in [0.2, 0.25) is 0 Å². The molecule has 2 N–H and O–H groups in total. The number of carboxylic acid groups (broad SMARTS) is 1. The Hall–Kier alpha value is -1.77. The van der Waals surface area contributed by atoms with Crippen molar-refractivity contribution in [2.24, 2.45) is 5.41 Å². The SMILES string of the molecule is CC1(C)CC1(C(=O)O)c1ccc2cc[nH]c2c1. The van der Waals surface area contributed by atoms with Gasteiger partial charge in [0, 0.05) is 11.7 Å². The Labute approximate surface area is 99.5 Å². The summed E-state index contributed by atoms with van der Waals surface area (Å²) in [5.41, 5.74) is 1.06. The monoisotopic (exact) mass is 229 g/mol. The molecule has 1 heterocycles. The fourth-order valence-electron chi connectivity index (χ4n) is 2.91. The van der Waals surface area contributed by atoms with Crippen LogP contribution in [0.4, 0.5) is 0 Å². The first-order valence-electron chi connectivity index (χ1n) is 5.78. The van der Waals surface area contributed by atoms with E-state index in [2.05, 4.69) is 4.98 Å². The number of nitrogens with one attached hydrogen (secondary N) is 1. The maximum atomic E-state index is 11.6. The van der Waals surface area contributed by atoms with Crippen molar-refractivity contribution >= 4 is 16.9 Å². The summed E-state index contributed by atoms with van der Waals surface area (Å²) in [5, 5.41) is 10.6. The van der Waals surface area contributed by atoms with Gasteiger partial charge in [0.25, 0.3) is 0 Å². The number of hydrogen-bond donors (Lipinski definition) is 2. The van der Waals surface area contributed by atoms with Gasteiger partial charge in [-0.1, -0.05) is 26.0 Å². The molecule has 1 aliphatic carbocycles. The van der Waals surface area contributed by atoms with E-state index >= 15 is 0 Å². The van der Waals surface area contributed by atoms with Gasteiger partial charge in [0.15, 0.2) is 0 Å². The van der Waals surface area contributed by atoms with Crippen LogP contribution in [0.1, 0.15) is 25.8 Å². The standard InChI is InChI=1S/C14H15NO2/c1-13(2)8-14(13,12(16)17)10-4-3-9-5-6-15-11(9)7-10/h3-7,15H,8H2,1-2H3,(H,16,17). The maximum Gasteiger partial charge on any atom is 0.314 e. The minimum Gasteiger partial charge on any atom is -0.481 e. The zero-order valence-electron chi connectivity index (χ0n) is 9.95. The van der Waals surface area contributed by atoms with Gasteiger partial charge in [-0.05, 0) is 34.9 Å². The van der Waals surface area contributed by atoms with Gasteiger partial charge < -0.3 is 10.1 Å². The number of H-pyrrole nitrogens is 1. The van der Waals surface area contributed by atoms with Crippen LogP contribution in [0.25, 0.3) is 10.9 Å². The number of aliphatic carboxylic acids is 1. The molecule has 2 aromatic rings. The second-order valence-electron chi connectivity index (χ2n) is 5.55. The fourth-order valence-corrected chi connectivity index (χ4v) is 2.91. The highest BCUT2D eigenvalue weighted by molar-refractivity contribution is 5.89. The van der Waals surface area contributed by atoms with E-state index in [1.165, 1.54) is 0 Å². The summed E-state index contributed by atoms with van der Waals surface area (Å²) in [5.74, 6) is -0.714. The molecule has 0 radical (unpaired) electrons. The minimum atomic E-state index is -0.714. The zero-order valence-corrected chi connectivity index (χ0v) is 9.95. The molecular formula is C14H15NO2. The second-order valence-corrected chi connectivity index (χ2v) is 5.55. The van der Waals surface area contributed by atoms with Crippen molar-refractivity contribution < 1.29 is 9.90 Å². The summed E-state index contributed by atoms with van der Waals surface area (Å²) in [7, 11) is 0. The molecule has 0 aliphatic heterocycles. The number of benzene rings is 1. The fraction of sp³-hybridized carbons (Fsp3) is 0.357. The number of carbonyl (C=O) groups is 1. The van der Waals surface area contributed by atoms with E-state index in [1.54, 1.807) is 0 Å². The third-order valence-electron chi connectivity index (χ3n) is 4.15. The van der Waals surface area contributed by atoms with E-state index in [0.29, 0.717) is 6.42 Å². The number of aromatic nitrogens is 1. The highest BCUT2D eigenvalue weighted by atomic mass is 16.4. The van der Waals surface area contributed by atoms with Crippen molar-refractivity contribution in [3.63, 3.8) is 0 Å². The second kappa shape index (κ2) is 2.92. The molecule has 1 unspecified atom stereocenters. The van der Waals surface area contributed by atoms with Crippen LogP contribution in [0.3, 0.4) is 0 Å². The molecule has 1 saturated carbocycles. The Kier molecular flexibility index (Phi) is 1.78. The summed E-state index contributed by atoms with van der Waals surface area (Å²) >= 11 is 0. The number of aromatic amines is 1. The third kappa shape index (κ3) is 1.19. The quantitative estimate of drug-likeness (QED) is 0.831. The smallest absolute Gasteiger partial charge is 0.314 e. The van der Waals surface area contributed by atoms with Crippen LogP contribution >= 0.6 is 0 Å². The first-order chi connectivity index (χ1) is 7.97. The highest BCUT2D eigenvalue weighted by Gasteiger charge is 2.67. The Morgan fingerprint density at radius 3 is 2.65 bits per heavy atom. The first kappa shape index (κ1) is 10.4. The lowest BCUT2D eigenvalue weighted by atomic mass is 9.87. The maximum absolute atomic E-state index is 11.6. The third-order valence-corrected chi connectivity index (χ3v) is 4.15. The molecule has 1 fully saturated rings. The van der Waals surface area contributed by atoms with E-state index in [4.69, 9.17) is 0 Å². The summed E-state index contributed by atoms with van der Waals surface area (Å²) in [6.07, 6.45) is 2.58. The van der Waals surface area contributed by atoms with Crippen LogP contribution in [0.2, 0.25) is 0 Å². The lowest BCUT2D eigenvalue weighted by Crippen LogP contribution is -2.25. The summed E-state index contributed by atoms with van der Waals surface area (Å²) < 4.78 is 0. The van der Waals surface area contributed by atoms with Crippen LogP contribution in [-0.2, 0) is 10.2 Å². The lowest BCUT2D eigenvalue weighted by Gasteiger charge is -2.16. The minimum absolute atomic E-state index is 0.154. The Morgan fingerprint density at radius 1 is 1.35 bits per heavy atom. The Bertz CT molecular complexity index is 611. The molecule has 1 aliphatic rings. The average Bonchev–Trinajstić information content (AvgIpc) is 2.67. The van der Waals surface area contributed by atoms with Crippen molar-refractivity contribution in [1.82, 2.24) is 4.98 Å². The Balaban J connectivity index is 2.17. The molecule has 3 nitrogen and oxygen atoms in total. The van der Waals surface area contributed by atoms with E-state index < -0.39 is 11.4 Å². The van der Waals surface area contributed by atoms with Gasteiger partial charge in [0.1, 0.15) is 0 Å². The summed E-state index contributed by atoms with van der Waals surface area (Å²) in [6, 6.07) is 7.89. The van der Waals surface area contributed by atoms with Crippen molar-refractivity contribution in [3.8, 4) is 0 Å². The van der Waals surface area contributed by atoms with Crippen LogP contribution in [0.5, 0.6) is 0 Å². The van der Waals surface area contributed by atoms with Gasteiger partial charge >= 0.3 is 5.97 Å². The normalized spacial score (nSPS) is 26.0. The molecule has 0 saturated heterocycles. The van der Waals surface area contributed by atoms with Crippen molar-refractivity contribution in [1.29, 1.82) is 0 Å². The molecular weight excluding hydrogens is 214 g/mol. The van der Waals surface area contributed by atoms with Crippen LogP contribution < -0.4 is 0 Å². The van der Waals surface area contributed by atoms with E-state index in [1.807, 2.05) is 44.3 Å². The van der Waals surface area contributed by atoms with Crippen LogP contribution in [0, 0.1) is 5.41 Å². The van der Waals surface area contributed by atoms with Crippen molar-refractivity contribution in [3.05, 3.63) is 36.0 Å². The highest BCUT2D eigenvalue weighted by Crippen LogP contribution is 2.64. The van der Waals surface area contributed by atoms with Gasteiger partial charge in [0.05, 0.1) is 5.41 Å². The van der Waals surface area contributed by atoms with Gasteiger partial charge in [-0.15, -0.1) is 0 Å². The molecule has 88 valence electrons. The van der Waals surface area contributed by atoms with E-state index in [-0.39, 0.29) is 5.41 Å². The predicted molar refractivity (Wildman–Crippen MR) is 66.0 cm³/mol. The molecule has 1 aromatic heterocycles. The first-order valence-corrected chi connectivity index (χ1v) is 5.78. The molecule has 17 heavy (non-hydrogen) atoms. The van der Waals surface area contributed by atoms with Crippen molar-refractivity contribution in [2.45, 2.75) is 25.7 Å². The lowest BCUT2D eigenvalue weighted by molar-refractivity contribution is -0.141. The number of rotatable bonds is 2. The zero-order chi connectivity index (χ0) is 12.3. The van der Waals surface area contributed by atoms with Crippen LogP contribution in [0.15, 0.2) is 30.5 Å². The summed E-state index contributed by atoms with van der Waals surface area (Å²) in [6.45, 7) is 4.03. The van der Waals surface area contributed by atoms with Gasteiger partial charge in [-0.25, -0.2) is 0 Å². The molecule has 3 rings (SSSR count).